The number of benzene rings is 1. The highest BCUT2D eigenvalue weighted by molar-refractivity contribution is 5.76. The summed E-state index contributed by atoms with van der Waals surface area (Å²) in [6.07, 6.45) is -4.35. The minimum absolute atomic E-state index is 0.0434. The number of amides is 1. The van der Waals surface area contributed by atoms with Crippen molar-refractivity contribution < 1.29 is 27.1 Å². The Kier molecular flexibility index (Phi) is 5.85. The summed E-state index contributed by atoms with van der Waals surface area (Å²) in [5.74, 6) is -0.416. The van der Waals surface area contributed by atoms with Crippen molar-refractivity contribution >= 4 is 5.91 Å². The van der Waals surface area contributed by atoms with Gasteiger partial charge in [-0.15, -0.1) is 0 Å². The van der Waals surface area contributed by atoms with E-state index in [1.54, 1.807) is 12.1 Å². The molecule has 7 heteroatoms. The fraction of sp³-hybridized carbons (Fsp3) is 0.562. The lowest BCUT2D eigenvalue weighted by molar-refractivity contribution is -0.150. The van der Waals surface area contributed by atoms with Crippen LogP contribution in [0.2, 0.25) is 0 Å². The van der Waals surface area contributed by atoms with E-state index < -0.39 is 30.7 Å². The van der Waals surface area contributed by atoms with Crippen molar-refractivity contribution in [3.05, 3.63) is 30.1 Å². The monoisotopic (exact) mass is 333 g/mol. The van der Waals surface area contributed by atoms with Crippen molar-refractivity contribution in [3.63, 3.8) is 0 Å². The molecule has 0 bridgehead atoms. The van der Waals surface area contributed by atoms with Gasteiger partial charge in [0.2, 0.25) is 5.91 Å². The van der Waals surface area contributed by atoms with Crippen LogP contribution in [0, 0.1) is 11.7 Å². The molecule has 1 atom stereocenters. The Balaban J connectivity index is 1.80. The zero-order valence-corrected chi connectivity index (χ0v) is 12.6. The molecular weight excluding hydrogens is 314 g/mol. The van der Waals surface area contributed by atoms with E-state index in [-0.39, 0.29) is 5.92 Å². The molecule has 1 aliphatic heterocycles. The predicted octanol–water partition coefficient (Wildman–Crippen LogP) is 3.79. The van der Waals surface area contributed by atoms with Crippen LogP contribution in [-0.4, -0.2) is 36.7 Å². The lowest BCUT2D eigenvalue weighted by atomic mass is 9.98. The molecular formula is C16H19F4NO2. The third kappa shape index (κ3) is 6.08. The fourth-order valence-corrected chi connectivity index (χ4v) is 2.61. The van der Waals surface area contributed by atoms with Crippen molar-refractivity contribution in [2.75, 3.05) is 19.7 Å². The van der Waals surface area contributed by atoms with Crippen LogP contribution >= 0.6 is 0 Å². The Bertz CT molecular complexity index is 533. The molecule has 1 aliphatic rings. The first-order valence-corrected chi connectivity index (χ1v) is 7.56. The molecule has 2 rings (SSSR count). The predicted molar refractivity (Wildman–Crippen MR) is 76.5 cm³/mol. The zero-order valence-electron chi connectivity index (χ0n) is 12.6. The summed E-state index contributed by atoms with van der Waals surface area (Å²) < 4.78 is 55.1. The molecule has 1 amide bonds. The molecule has 23 heavy (non-hydrogen) atoms. The number of nitrogens with zero attached hydrogens (tertiary/aromatic N) is 1. The third-order valence-corrected chi connectivity index (χ3v) is 3.78. The van der Waals surface area contributed by atoms with E-state index in [4.69, 9.17) is 4.74 Å². The topological polar surface area (TPSA) is 29.5 Å². The van der Waals surface area contributed by atoms with Gasteiger partial charge in [0.05, 0.1) is 13.0 Å². The molecule has 1 aromatic carbocycles. The van der Waals surface area contributed by atoms with E-state index in [1.807, 2.05) is 0 Å². The largest absolute Gasteiger partial charge is 0.493 e. The second-order valence-corrected chi connectivity index (χ2v) is 5.73. The Labute approximate surface area is 132 Å². The summed E-state index contributed by atoms with van der Waals surface area (Å²) in [5.41, 5.74) is 0. The summed E-state index contributed by atoms with van der Waals surface area (Å²) in [5, 5.41) is 0. The van der Waals surface area contributed by atoms with Gasteiger partial charge in [0.1, 0.15) is 11.6 Å². The van der Waals surface area contributed by atoms with Gasteiger partial charge in [0.25, 0.3) is 0 Å². The first-order chi connectivity index (χ1) is 10.8. The van der Waals surface area contributed by atoms with E-state index in [2.05, 4.69) is 0 Å². The molecule has 0 aromatic heterocycles. The maximum atomic E-state index is 13.1. The number of hydrogen-bond donors (Lipinski definition) is 0. The molecule has 0 radical (unpaired) electrons. The molecule has 1 fully saturated rings. The molecule has 128 valence electrons. The van der Waals surface area contributed by atoms with Crippen molar-refractivity contribution in [1.29, 1.82) is 0 Å². The number of carbonyl (C=O) groups is 1. The minimum atomic E-state index is -4.31. The summed E-state index contributed by atoms with van der Waals surface area (Å²) >= 11 is 0. The van der Waals surface area contributed by atoms with E-state index in [0.29, 0.717) is 25.4 Å². The highest BCUT2D eigenvalue weighted by Gasteiger charge is 2.30. The fourth-order valence-electron chi connectivity index (χ4n) is 2.61. The molecule has 0 spiro atoms. The van der Waals surface area contributed by atoms with Crippen molar-refractivity contribution in [1.82, 2.24) is 4.90 Å². The van der Waals surface area contributed by atoms with Crippen LogP contribution in [0.15, 0.2) is 24.3 Å². The highest BCUT2D eigenvalue weighted by atomic mass is 19.4. The number of alkyl halides is 3. The van der Waals surface area contributed by atoms with Gasteiger partial charge in [0, 0.05) is 31.5 Å². The second-order valence-electron chi connectivity index (χ2n) is 5.73. The van der Waals surface area contributed by atoms with Crippen molar-refractivity contribution in [3.8, 4) is 5.75 Å². The van der Waals surface area contributed by atoms with Gasteiger partial charge in [-0.2, -0.15) is 13.2 Å². The Morgan fingerprint density at radius 3 is 2.83 bits per heavy atom. The molecule has 1 heterocycles. The molecule has 0 saturated carbocycles. The summed E-state index contributed by atoms with van der Waals surface area (Å²) in [7, 11) is 0. The normalized spacial score (nSPS) is 18.8. The van der Waals surface area contributed by atoms with Gasteiger partial charge >= 0.3 is 6.18 Å². The third-order valence-electron chi connectivity index (χ3n) is 3.78. The van der Waals surface area contributed by atoms with Gasteiger partial charge in [-0.3, -0.25) is 4.79 Å². The van der Waals surface area contributed by atoms with E-state index >= 15 is 0 Å². The molecule has 3 nitrogen and oxygen atoms in total. The lowest BCUT2D eigenvalue weighted by Crippen LogP contribution is -2.41. The van der Waals surface area contributed by atoms with Crippen LogP contribution in [0.5, 0.6) is 5.75 Å². The number of piperidine rings is 1. The van der Waals surface area contributed by atoms with E-state index in [9.17, 15) is 22.4 Å². The Hall–Kier alpha value is -1.79. The van der Waals surface area contributed by atoms with E-state index in [1.165, 1.54) is 17.0 Å². The summed E-state index contributed by atoms with van der Waals surface area (Å²) in [6, 6.07) is 5.76. The molecule has 1 saturated heterocycles. The number of rotatable bonds is 5. The van der Waals surface area contributed by atoms with Crippen molar-refractivity contribution in [2.24, 2.45) is 5.92 Å². The van der Waals surface area contributed by atoms with Crippen LogP contribution < -0.4 is 4.74 Å². The zero-order chi connectivity index (χ0) is 16.9. The number of likely N-dealkylation sites (tertiary alicyclic amines) is 1. The molecule has 0 aliphatic carbocycles. The lowest BCUT2D eigenvalue weighted by Gasteiger charge is -2.32. The Morgan fingerprint density at radius 1 is 1.35 bits per heavy atom. The maximum Gasteiger partial charge on any atom is 0.389 e. The second kappa shape index (κ2) is 7.66. The smallest absolute Gasteiger partial charge is 0.389 e. The first kappa shape index (κ1) is 17.6. The summed E-state index contributed by atoms with van der Waals surface area (Å²) in [6.45, 7) is 1.17. The van der Waals surface area contributed by atoms with Crippen LogP contribution in [0.4, 0.5) is 17.6 Å². The number of halogens is 4. The van der Waals surface area contributed by atoms with Gasteiger partial charge in [-0.25, -0.2) is 4.39 Å². The van der Waals surface area contributed by atoms with Gasteiger partial charge in [0.15, 0.2) is 0 Å². The summed E-state index contributed by atoms with van der Waals surface area (Å²) in [4.78, 5) is 13.3. The molecule has 0 unspecified atom stereocenters. The van der Waals surface area contributed by atoms with Crippen LogP contribution in [-0.2, 0) is 4.79 Å². The molecule has 1 aromatic rings. The SMILES string of the molecule is O=C(CCC(F)(F)F)N1CCC[C@H](COc2cccc(F)c2)C1. The van der Waals surface area contributed by atoms with Gasteiger partial charge in [-0.1, -0.05) is 6.07 Å². The minimum Gasteiger partial charge on any atom is -0.493 e. The number of ether oxygens (including phenoxy) is 1. The van der Waals surface area contributed by atoms with Crippen molar-refractivity contribution in [2.45, 2.75) is 31.9 Å². The number of hydrogen-bond acceptors (Lipinski definition) is 2. The Morgan fingerprint density at radius 2 is 2.13 bits per heavy atom. The quantitative estimate of drug-likeness (QED) is 0.768. The standard InChI is InChI=1S/C16H19F4NO2/c17-13-4-1-5-14(9-13)23-11-12-3-2-8-21(10-12)15(22)6-7-16(18,19)20/h1,4-5,9,12H,2-3,6-8,10-11H2/t12-/m0/s1. The number of carbonyl (C=O) groups excluding carboxylic acids is 1. The van der Waals surface area contributed by atoms with Gasteiger partial charge < -0.3 is 9.64 Å². The van der Waals surface area contributed by atoms with Crippen LogP contribution in [0.1, 0.15) is 25.7 Å². The van der Waals surface area contributed by atoms with Crippen LogP contribution in [0.25, 0.3) is 0 Å². The van der Waals surface area contributed by atoms with Crippen LogP contribution in [0.3, 0.4) is 0 Å². The van der Waals surface area contributed by atoms with E-state index in [0.717, 1.165) is 12.8 Å². The average Bonchev–Trinajstić information content (AvgIpc) is 2.50. The highest BCUT2D eigenvalue weighted by Crippen LogP contribution is 2.24. The average molecular weight is 333 g/mol. The van der Waals surface area contributed by atoms with Gasteiger partial charge in [-0.05, 0) is 25.0 Å². The molecule has 0 N–H and O–H groups in total. The first-order valence-electron chi connectivity index (χ1n) is 7.56. The maximum absolute atomic E-state index is 13.1.